The van der Waals surface area contributed by atoms with Crippen molar-refractivity contribution in [1.82, 2.24) is 0 Å². The maximum absolute atomic E-state index is 11.8. The second-order valence-electron chi connectivity index (χ2n) is 6.86. The Bertz CT molecular complexity index is 496. The third-order valence-electron chi connectivity index (χ3n) is 4.72. The van der Waals surface area contributed by atoms with E-state index < -0.39 is 0 Å². The Hall–Kier alpha value is -1.51. The standard InChI is InChI=1S/C18H26N2O/c1-13-4-2-5-14(10-13)12-19-16-6-3-7-17(11-16)20-18(21)15-8-9-15/h3,6-7,11,13-15,19H,2,4-5,8-10,12H2,1H3,(H,20,21). The largest absolute Gasteiger partial charge is 0.385 e. The Labute approximate surface area is 127 Å². The van der Waals surface area contributed by atoms with Gasteiger partial charge in [0, 0.05) is 23.8 Å². The van der Waals surface area contributed by atoms with Gasteiger partial charge in [-0.15, -0.1) is 0 Å². The highest BCUT2D eigenvalue weighted by molar-refractivity contribution is 5.94. The first-order chi connectivity index (χ1) is 10.2. The van der Waals surface area contributed by atoms with Crippen LogP contribution >= 0.6 is 0 Å². The van der Waals surface area contributed by atoms with Gasteiger partial charge in [0.05, 0.1) is 0 Å². The van der Waals surface area contributed by atoms with E-state index in [2.05, 4.69) is 23.6 Å². The molecule has 0 spiro atoms. The third kappa shape index (κ3) is 4.23. The van der Waals surface area contributed by atoms with Crippen LogP contribution in [0.3, 0.4) is 0 Å². The van der Waals surface area contributed by atoms with Crippen molar-refractivity contribution in [3.8, 4) is 0 Å². The third-order valence-corrected chi connectivity index (χ3v) is 4.72. The van der Waals surface area contributed by atoms with Crippen LogP contribution in [0.2, 0.25) is 0 Å². The van der Waals surface area contributed by atoms with Crippen LogP contribution in [0.15, 0.2) is 24.3 Å². The van der Waals surface area contributed by atoms with E-state index >= 15 is 0 Å². The van der Waals surface area contributed by atoms with Crippen molar-refractivity contribution < 1.29 is 4.79 Å². The highest BCUT2D eigenvalue weighted by Crippen LogP contribution is 2.31. The van der Waals surface area contributed by atoms with Crippen molar-refractivity contribution in [3.63, 3.8) is 0 Å². The number of nitrogens with one attached hydrogen (secondary N) is 2. The van der Waals surface area contributed by atoms with E-state index in [0.717, 1.165) is 42.6 Å². The molecule has 3 heteroatoms. The smallest absolute Gasteiger partial charge is 0.227 e. The highest BCUT2D eigenvalue weighted by Gasteiger charge is 2.29. The van der Waals surface area contributed by atoms with Crippen LogP contribution in [0.4, 0.5) is 11.4 Å². The summed E-state index contributed by atoms with van der Waals surface area (Å²) in [6.07, 6.45) is 7.53. The van der Waals surface area contributed by atoms with E-state index in [1.54, 1.807) is 0 Å². The summed E-state index contributed by atoms with van der Waals surface area (Å²) in [7, 11) is 0. The molecule has 3 nitrogen and oxygen atoms in total. The number of hydrogen-bond donors (Lipinski definition) is 2. The van der Waals surface area contributed by atoms with Crippen molar-refractivity contribution in [1.29, 1.82) is 0 Å². The predicted octanol–water partition coefficient (Wildman–Crippen LogP) is 4.27. The van der Waals surface area contributed by atoms with Gasteiger partial charge in [-0.1, -0.05) is 25.8 Å². The van der Waals surface area contributed by atoms with Crippen molar-refractivity contribution >= 4 is 17.3 Å². The zero-order valence-corrected chi connectivity index (χ0v) is 12.9. The molecule has 3 rings (SSSR count). The molecule has 2 fully saturated rings. The minimum atomic E-state index is 0.174. The molecule has 2 N–H and O–H groups in total. The predicted molar refractivity (Wildman–Crippen MR) is 87.4 cm³/mol. The van der Waals surface area contributed by atoms with Crippen molar-refractivity contribution in [2.45, 2.75) is 45.4 Å². The Balaban J connectivity index is 1.51. The Morgan fingerprint density at radius 1 is 1.19 bits per heavy atom. The van der Waals surface area contributed by atoms with Crippen molar-refractivity contribution in [3.05, 3.63) is 24.3 Å². The van der Waals surface area contributed by atoms with Crippen LogP contribution in [-0.2, 0) is 4.79 Å². The second-order valence-corrected chi connectivity index (χ2v) is 6.86. The fourth-order valence-electron chi connectivity index (χ4n) is 3.30. The van der Waals surface area contributed by atoms with Gasteiger partial charge in [0.2, 0.25) is 5.91 Å². The molecule has 0 bridgehead atoms. The minimum Gasteiger partial charge on any atom is -0.385 e. The maximum atomic E-state index is 11.8. The summed E-state index contributed by atoms with van der Waals surface area (Å²) in [5, 5.41) is 6.55. The quantitative estimate of drug-likeness (QED) is 0.848. The van der Waals surface area contributed by atoms with E-state index in [-0.39, 0.29) is 11.8 Å². The average Bonchev–Trinajstić information content (AvgIpc) is 3.30. The molecule has 2 unspecified atom stereocenters. The van der Waals surface area contributed by atoms with Crippen molar-refractivity contribution in [2.75, 3.05) is 17.2 Å². The monoisotopic (exact) mass is 286 g/mol. The van der Waals surface area contributed by atoms with E-state index in [9.17, 15) is 4.79 Å². The van der Waals surface area contributed by atoms with Crippen LogP contribution in [0, 0.1) is 17.8 Å². The van der Waals surface area contributed by atoms with E-state index in [1.807, 2.05) is 18.2 Å². The molecule has 2 aliphatic rings. The maximum Gasteiger partial charge on any atom is 0.227 e. The molecule has 2 aliphatic carbocycles. The first-order valence-corrected chi connectivity index (χ1v) is 8.35. The molecule has 0 heterocycles. The molecule has 0 radical (unpaired) electrons. The zero-order chi connectivity index (χ0) is 14.7. The number of carbonyl (C=O) groups is 1. The van der Waals surface area contributed by atoms with Crippen LogP contribution in [0.5, 0.6) is 0 Å². The van der Waals surface area contributed by atoms with Gasteiger partial charge in [0.1, 0.15) is 0 Å². The summed E-state index contributed by atoms with van der Waals surface area (Å²) in [4.78, 5) is 11.8. The topological polar surface area (TPSA) is 41.1 Å². The van der Waals surface area contributed by atoms with Crippen LogP contribution in [0.25, 0.3) is 0 Å². The van der Waals surface area contributed by atoms with Gasteiger partial charge >= 0.3 is 0 Å². The molecule has 2 atom stereocenters. The number of rotatable bonds is 5. The van der Waals surface area contributed by atoms with Gasteiger partial charge in [-0.3, -0.25) is 4.79 Å². The first kappa shape index (κ1) is 14.4. The SMILES string of the molecule is CC1CCCC(CNc2cccc(NC(=O)C3CC3)c2)C1. The summed E-state index contributed by atoms with van der Waals surface area (Å²) in [5.74, 6) is 2.09. The highest BCUT2D eigenvalue weighted by atomic mass is 16.2. The molecule has 1 aromatic carbocycles. The normalized spacial score (nSPS) is 25.4. The second kappa shape index (κ2) is 6.50. The molecule has 21 heavy (non-hydrogen) atoms. The first-order valence-electron chi connectivity index (χ1n) is 8.35. The summed E-state index contributed by atoms with van der Waals surface area (Å²) < 4.78 is 0. The van der Waals surface area contributed by atoms with Crippen LogP contribution in [0.1, 0.15) is 45.4 Å². The minimum absolute atomic E-state index is 0.174. The molecule has 0 saturated heterocycles. The van der Waals surface area contributed by atoms with E-state index in [1.165, 1.54) is 25.7 Å². The van der Waals surface area contributed by atoms with Gasteiger partial charge < -0.3 is 10.6 Å². The average molecular weight is 286 g/mol. The van der Waals surface area contributed by atoms with Crippen LogP contribution < -0.4 is 10.6 Å². The fraction of sp³-hybridized carbons (Fsp3) is 0.611. The van der Waals surface area contributed by atoms with Crippen LogP contribution in [-0.4, -0.2) is 12.5 Å². The van der Waals surface area contributed by atoms with Crippen molar-refractivity contribution in [2.24, 2.45) is 17.8 Å². The van der Waals surface area contributed by atoms with Gasteiger partial charge in [0.25, 0.3) is 0 Å². The lowest BCUT2D eigenvalue weighted by Crippen LogP contribution is -2.21. The molecule has 1 amide bonds. The summed E-state index contributed by atoms with van der Waals surface area (Å²) >= 11 is 0. The number of anilines is 2. The van der Waals surface area contributed by atoms with E-state index in [0.29, 0.717) is 0 Å². The summed E-state index contributed by atoms with van der Waals surface area (Å²) in [6, 6.07) is 8.11. The lowest BCUT2D eigenvalue weighted by Gasteiger charge is -2.27. The Morgan fingerprint density at radius 3 is 2.76 bits per heavy atom. The number of hydrogen-bond acceptors (Lipinski definition) is 2. The Morgan fingerprint density at radius 2 is 2.00 bits per heavy atom. The molecule has 114 valence electrons. The van der Waals surface area contributed by atoms with Gasteiger partial charge in [0.15, 0.2) is 0 Å². The molecule has 0 aliphatic heterocycles. The molecule has 2 saturated carbocycles. The molecular weight excluding hydrogens is 260 g/mol. The molecule has 0 aromatic heterocycles. The van der Waals surface area contributed by atoms with Gasteiger partial charge in [-0.25, -0.2) is 0 Å². The number of benzene rings is 1. The lowest BCUT2D eigenvalue weighted by atomic mass is 9.82. The Kier molecular flexibility index (Phi) is 4.47. The molecular formula is C18H26N2O. The van der Waals surface area contributed by atoms with Gasteiger partial charge in [-0.05, 0) is 55.7 Å². The zero-order valence-electron chi connectivity index (χ0n) is 12.9. The summed E-state index contributed by atoms with van der Waals surface area (Å²) in [5.41, 5.74) is 2.02. The number of carbonyl (C=O) groups excluding carboxylic acids is 1. The van der Waals surface area contributed by atoms with E-state index in [4.69, 9.17) is 0 Å². The lowest BCUT2D eigenvalue weighted by molar-refractivity contribution is -0.117. The fourth-order valence-corrected chi connectivity index (χ4v) is 3.30. The van der Waals surface area contributed by atoms with Gasteiger partial charge in [-0.2, -0.15) is 0 Å². The number of amides is 1. The molecule has 1 aromatic rings. The summed E-state index contributed by atoms with van der Waals surface area (Å²) in [6.45, 7) is 3.41.